The third kappa shape index (κ3) is 4.01. The Morgan fingerprint density at radius 3 is 3.04 bits per heavy atom. The average Bonchev–Trinajstić information content (AvgIpc) is 2.64. The van der Waals surface area contributed by atoms with Crippen LogP contribution in [0.2, 0.25) is 0 Å². The fourth-order valence-electron chi connectivity index (χ4n) is 3.08. The van der Waals surface area contributed by atoms with Crippen LogP contribution < -0.4 is 10.5 Å². The molecule has 0 aromatic carbocycles. The standard InChI is InChI=1S/C17H24N4O4/c1-19-6-5-18-15(17(19)23)20(2)10-14-11-21(7-9-25-14)16(22)13-4-3-8-24-12-13/h5-6,12,14H,3-4,7-11H2,1-2H3. The van der Waals surface area contributed by atoms with E-state index in [1.54, 1.807) is 35.5 Å². The highest BCUT2D eigenvalue weighted by Crippen LogP contribution is 2.17. The fourth-order valence-corrected chi connectivity index (χ4v) is 3.08. The van der Waals surface area contributed by atoms with Gasteiger partial charge in [0.2, 0.25) is 0 Å². The Balaban J connectivity index is 1.63. The second-order valence-corrected chi connectivity index (χ2v) is 6.41. The molecule has 1 saturated heterocycles. The Morgan fingerprint density at radius 1 is 1.44 bits per heavy atom. The molecule has 3 rings (SSSR count). The molecule has 3 heterocycles. The van der Waals surface area contributed by atoms with Gasteiger partial charge in [0.05, 0.1) is 31.2 Å². The number of rotatable bonds is 4. The highest BCUT2D eigenvalue weighted by molar-refractivity contribution is 5.93. The minimum Gasteiger partial charge on any atom is -0.501 e. The summed E-state index contributed by atoms with van der Waals surface area (Å²) in [4.78, 5) is 32.5. The van der Waals surface area contributed by atoms with Crippen molar-refractivity contribution in [1.82, 2.24) is 14.5 Å². The quantitative estimate of drug-likeness (QED) is 0.770. The van der Waals surface area contributed by atoms with Crippen LogP contribution in [0, 0.1) is 0 Å². The van der Waals surface area contributed by atoms with E-state index in [4.69, 9.17) is 9.47 Å². The lowest BCUT2D eigenvalue weighted by molar-refractivity contribution is -0.134. The Bertz CT molecular complexity index is 715. The van der Waals surface area contributed by atoms with Crippen molar-refractivity contribution in [2.45, 2.75) is 18.9 Å². The molecule has 0 spiro atoms. The zero-order valence-electron chi connectivity index (χ0n) is 14.7. The molecule has 1 fully saturated rings. The van der Waals surface area contributed by atoms with Crippen molar-refractivity contribution >= 4 is 11.7 Å². The third-order valence-electron chi connectivity index (χ3n) is 4.47. The zero-order valence-corrected chi connectivity index (χ0v) is 14.7. The number of hydrogen-bond acceptors (Lipinski definition) is 6. The van der Waals surface area contributed by atoms with Crippen molar-refractivity contribution in [3.63, 3.8) is 0 Å². The molecule has 0 aliphatic carbocycles. The first-order valence-electron chi connectivity index (χ1n) is 8.50. The number of carbonyl (C=O) groups excluding carboxylic acids is 1. The van der Waals surface area contributed by atoms with Crippen LogP contribution >= 0.6 is 0 Å². The van der Waals surface area contributed by atoms with Gasteiger partial charge < -0.3 is 23.8 Å². The van der Waals surface area contributed by atoms with E-state index in [2.05, 4.69) is 4.98 Å². The van der Waals surface area contributed by atoms with Gasteiger partial charge in [0.25, 0.3) is 11.5 Å². The van der Waals surface area contributed by atoms with Crippen LogP contribution in [0.4, 0.5) is 5.82 Å². The summed E-state index contributed by atoms with van der Waals surface area (Å²) in [5.41, 5.74) is 0.567. The van der Waals surface area contributed by atoms with Gasteiger partial charge in [0.1, 0.15) is 0 Å². The molecule has 1 unspecified atom stereocenters. The summed E-state index contributed by atoms with van der Waals surface area (Å²) in [5, 5.41) is 0. The summed E-state index contributed by atoms with van der Waals surface area (Å²) >= 11 is 0. The number of morpholine rings is 1. The number of aryl methyl sites for hydroxylation is 1. The van der Waals surface area contributed by atoms with Crippen LogP contribution in [0.5, 0.6) is 0 Å². The fraction of sp³-hybridized carbons (Fsp3) is 0.588. The lowest BCUT2D eigenvalue weighted by Crippen LogP contribution is -2.50. The molecular weight excluding hydrogens is 324 g/mol. The normalized spacial score (nSPS) is 20.6. The second-order valence-electron chi connectivity index (χ2n) is 6.41. The van der Waals surface area contributed by atoms with Crippen molar-refractivity contribution < 1.29 is 14.3 Å². The average molecular weight is 348 g/mol. The van der Waals surface area contributed by atoms with Gasteiger partial charge in [-0.3, -0.25) is 9.59 Å². The first-order valence-corrected chi connectivity index (χ1v) is 8.50. The van der Waals surface area contributed by atoms with Crippen molar-refractivity contribution in [2.24, 2.45) is 7.05 Å². The van der Waals surface area contributed by atoms with Gasteiger partial charge in [-0.25, -0.2) is 4.98 Å². The van der Waals surface area contributed by atoms with Gasteiger partial charge >= 0.3 is 0 Å². The van der Waals surface area contributed by atoms with Crippen LogP contribution in [0.15, 0.2) is 29.0 Å². The number of ether oxygens (including phenoxy) is 2. The number of hydrogen-bond donors (Lipinski definition) is 0. The smallest absolute Gasteiger partial charge is 0.293 e. The lowest BCUT2D eigenvalue weighted by atomic mass is 10.1. The molecule has 0 N–H and O–H groups in total. The Labute approximate surface area is 146 Å². The summed E-state index contributed by atoms with van der Waals surface area (Å²) in [6.07, 6.45) is 6.26. The molecule has 136 valence electrons. The highest BCUT2D eigenvalue weighted by Gasteiger charge is 2.28. The Hall–Kier alpha value is -2.35. The number of aromatic nitrogens is 2. The summed E-state index contributed by atoms with van der Waals surface area (Å²) in [7, 11) is 3.50. The molecule has 2 aliphatic heterocycles. The van der Waals surface area contributed by atoms with E-state index in [0.717, 1.165) is 18.4 Å². The molecule has 8 heteroatoms. The van der Waals surface area contributed by atoms with Crippen molar-refractivity contribution in [2.75, 3.05) is 44.8 Å². The number of anilines is 1. The molecule has 0 radical (unpaired) electrons. The highest BCUT2D eigenvalue weighted by atomic mass is 16.5. The van der Waals surface area contributed by atoms with Gasteiger partial charge in [-0.1, -0.05) is 0 Å². The summed E-state index contributed by atoms with van der Waals surface area (Å²) in [5.74, 6) is 0.393. The van der Waals surface area contributed by atoms with E-state index >= 15 is 0 Å². The molecule has 0 bridgehead atoms. The zero-order chi connectivity index (χ0) is 17.8. The van der Waals surface area contributed by atoms with Crippen LogP contribution in [-0.4, -0.2) is 66.4 Å². The van der Waals surface area contributed by atoms with Gasteiger partial charge in [-0.05, 0) is 12.8 Å². The Kier molecular flexibility index (Phi) is 5.37. The van der Waals surface area contributed by atoms with E-state index < -0.39 is 0 Å². The summed E-state index contributed by atoms with van der Waals surface area (Å²) in [6, 6.07) is 0. The molecule has 0 saturated carbocycles. The van der Waals surface area contributed by atoms with E-state index in [1.807, 2.05) is 7.05 Å². The first-order chi connectivity index (χ1) is 12.1. The number of carbonyl (C=O) groups is 1. The third-order valence-corrected chi connectivity index (χ3v) is 4.47. The van der Waals surface area contributed by atoms with Crippen LogP contribution in [0.3, 0.4) is 0 Å². The van der Waals surface area contributed by atoms with Gasteiger partial charge in [0, 0.05) is 46.1 Å². The Morgan fingerprint density at radius 2 is 2.28 bits per heavy atom. The first kappa shape index (κ1) is 17.5. The largest absolute Gasteiger partial charge is 0.501 e. The predicted octanol–water partition coefficient (Wildman–Crippen LogP) is 0.138. The van der Waals surface area contributed by atoms with Gasteiger partial charge in [-0.2, -0.15) is 0 Å². The molecule has 2 aliphatic rings. The molecule has 8 nitrogen and oxygen atoms in total. The van der Waals surface area contributed by atoms with Crippen LogP contribution in [0.1, 0.15) is 12.8 Å². The van der Waals surface area contributed by atoms with Crippen molar-refractivity contribution in [3.8, 4) is 0 Å². The van der Waals surface area contributed by atoms with Crippen molar-refractivity contribution in [1.29, 1.82) is 0 Å². The minimum atomic E-state index is -0.167. The van der Waals surface area contributed by atoms with Crippen LogP contribution in [-0.2, 0) is 21.3 Å². The SMILES string of the molecule is CN(CC1CN(C(=O)C2=COCCC2)CCO1)c1nccn(C)c1=O. The number of amides is 1. The topological polar surface area (TPSA) is 76.9 Å². The molecule has 25 heavy (non-hydrogen) atoms. The maximum Gasteiger partial charge on any atom is 0.293 e. The van der Waals surface area contributed by atoms with Gasteiger partial charge in [0.15, 0.2) is 5.82 Å². The number of nitrogens with zero attached hydrogens (tertiary/aromatic N) is 4. The number of likely N-dealkylation sites (N-methyl/N-ethyl adjacent to an activating group) is 1. The molecular formula is C17H24N4O4. The van der Waals surface area contributed by atoms with E-state index in [-0.39, 0.29) is 17.6 Å². The van der Waals surface area contributed by atoms with Gasteiger partial charge in [-0.15, -0.1) is 0 Å². The maximum absolute atomic E-state index is 12.6. The molecule has 1 amide bonds. The molecule has 1 aromatic rings. The predicted molar refractivity (Wildman–Crippen MR) is 92.3 cm³/mol. The van der Waals surface area contributed by atoms with E-state index in [1.165, 1.54) is 4.57 Å². The van der Waals surface area contributed by atoms with E-state index in [0.29, 0.717) is 38.7 Å². The monoisotopic (exact) mass is 348 g/mol. The van der Waals surface area contributed by atoms with E-state index in [9.17, 15) is 9.59 Å². The van der Waals surface area contributed by atoms with Crippen molar-refractivity contribution in [3.05, 3.63) is 34.6 Å². The maximum atomic E-state index is 12.6. The summed E-state index contributed by atoms with van der Waals surface area (Å²) < 4.78 is 12.6. The minimum absolute atomic E-state index is 0.0180. The molecule has 1 aromatic heterocycles. The lowest BCUT2D eigenvalue weighted by Gasteiger charge is -2.35. The molecule has 1 atom stereocenters. The summed E-state index contributed by atoms with van der Waals surface area (Å²) in [6.45, 7) is 2.71. The second kappa shape index (κ2) is 7.69. The van der Waals surface area contributed by atoms with Crippen LogP contribution in [0.25, 0.3) is 0 Å².